The highest BCUT2D eigenvalue weighted by Crippen LogP contribution is 2.26. The first-order chi connectivity index (χ1) is 7.24. The van der Waals surface area contributed by atoms with Crippen molar-refractivity contribution in [3.8, 4) is 0 Å². The molecule has 15 heavy (non-hydrogen) atoms. The molecule has 0 bridgehead atoms. The largest absolute Gasteiger partial charge is 0.382 e. The first-order valence-electron chi connectivity index (χ1n) is 5.93. The molecule has 2 rings (SSSR count). The van der Waals surface area contributed by atoms with Crippen molar-refractivity contribution in [2.24, 2.45) is 5.92 Å². The van der Waals surface area contributed by atoms with Crippen LogP contribution in [0.2, 0.25) is 0 Å². The minimum absolute atomic E-state index is 0.663. The molecule has 0 spiro atoms. The van der Waals surface area contributed by atoms with Crippen LogP contribution in [0.15, 0.2) is 18.3 Å². The van der Waals surface area contributed by atoms with Crippen LogP contribution in [-0.4, -0.2) is 11.0 Å². The minimum atomic E-state index is 0.663. The molecule has 1 aromatic heterocycles. The van der Waals surface area contributed by atoms with Gasteiger partial charge in [-0.1, -0.05) is 19.8 Å². The normalized spacial score (nSPS) is 26.3. The zero-order valence-corrected chi connectivity index (χ0v) is 9.66. The van der Waals surface area contributed by atoms with Crippen LogP contribution in [0, 0.1) is 12.8 Å². The fourth-order valence-electron chi connectivity index (χ4n) is 2.44. The van der Waals surface area contributed by atoms with Crippen molar-refractivity contribution in [2.45, 2.75) is 45.6 Å². The van der Waals surface area contributed by atoms with Crippen molar-refractivity contribution in [2.75, 3.05) is 5.32 Å². The molecule has 0 aliphatic heterocycles. The van der Waals surface area contributed by atoms with Crippen LogP contribution in [0.5, 0.6) is 0 Å². The van der Waals surface area contributed by atoms with Crippen molar-refractivity contribution in [3.05, 3.63) is 24.0 Å². The van der Waals surface area contributed by atoms with E-state index in [9.17, 15) is 0 Å². The van der Waals surface area contributed by atoms with Crippen LogP contribution in [0.4, 0.5) is 5.69 Å². The second-order valence-corrected chi connectivity index (χ2v) is 4.80. The highest BCUT2D eigenvalue weighted by molar-refractivity contribution is 5.43. The number of hydrogen-bond donors (Lipinski definition) is 1. The lowest BCUT2D eigenvalue weighted by molar-refractivity contribution is 0.358. The van der Waals surface area contributed by atoms with Gasteiger partial charge in [0.15, 0.2) is 0 Å². The van der Waals surface area contributed by atoms with E-state index in [0.717, 1.165) is 11.6 Å². The smallest absolute Gasteiger partial charge is 0.0393 e. The Kier molecular flexibility index (Phi) is 3.24. The lowest BCUT2D eigenvalue weighted by Gasteiger charge is -2.28. The highest BCUT2D eigenvalue weighted by atomic mass is 14.9. The Balaban J connectivity index is 1.96. The number of nitrogens with zero attached hydrogens (tertiary/aromatic N) is 1. The fourth-order valence-corrected chi connectivity index (χ4v) is 2.44. The maximum Gasteiger partial charge on any atom is 0.0393 e. The Morgan fingerprint density at radius 3 is 3.00 bits per heavy atom. The number of aryl methyl sites for hydroxylation is 1. The topological polar surface area (TPSA) is 24.9 Å². The molecule has 0 amide bonds. The number of nitrogens with one attached hydrogen (secondary N) is 1. The van der Waals surface area contributed by atoms with E-state index in [1.165, 1.54) is 31.4 Å². The predicted molar refractivity (Wildman–Crippen MR) is 64.0 cm³/mol. The summed E-state index contributed by atoms with van der Waals surface area (Å²) >= 11 is 0. The fraction of sp³-hybridized carbons (Fsp3) is 0.615. The molecule has 1 saturated carbocycles. The summed E-state index contributed by atoms with van der Waals surface area (Å²) < 4.78 is 0. The maximum atomic E-state index is 4.21. The molecule has 82 valence electrons. The molecule has 0 saturated heterocycles. The number of pyridine rings is 1. The first-order valence-corrected chi connectivity index (χ1v) is 5.93. The first kappa shape index (κ1) is 10.5. The van der Waals surface area contributed by atoms with E-state index in [1.807, 2.05) is 13.1 Å². The van der Waals surface area contributed by atoms with Crippen LogP contribution < -0.4 is 5.32 Å². The number of hydrogen-bond acceptors (Lipinski definition) is 2. The van der Waals surface area contributed by atoms with E-state index >= 15 is 0 Å². The van der Waals surface area contributed by atoms with Crippen LogP contribution in [-0.2, 0) is 0 Å². The summed E-state index contributed by atoms with van der Waals surface area (Å²) in [5, 5.41) is 3.61. The summed E-state index contributed by atoms with van der Waals surface area (Å²) in [5.74, 6) is 0.874. The summed E-state index contributed by atoms with van der Waals surface area (Å²) in [6.07, 6.45) is 7.26. The number of anilines is 1. The molecule has 1 fully saturated rings. The molecule has 1 aromatic rings. The average Bonchev–Trinajstić information content (AvgIpc) is 2.17. The number of aromatic nitrogens is 1. The second kappa shape index (κ2) is 4.65. The van der Waals surface area contributed by atoms with Gasteiger partial charge in [0, 0.05) is 23.6 Å². The zero-order chi connectivity index (χ0) is 10.7. The third-order valence-corrected chi connectivity index (χ3v) is 3.20. The maximum absolute atomic E-state index is 4.21. The minimum Gasteiger partial charge on any atom is -0.382 e. The van der Waals surface area contributed by atoms with Crippen molar-refractivity contribution >= 4 is 5.69 Å². The van der Waals surface area contributed by atoms with Crippen LogP contribution in [0.3, 0.4) is 0 Å². The van der Waals surface area contributed by atoms with Crippen molar-refractivity contribution < 1.29 is 0 Å². The van der Waals surface area contributed by atoms with E-state index in [2.05, 4.69) is 29.4 Å². The quantitative estimate of drug-likeness (QED) is 0.798. The van der Waals surface area contributed by atoms with Gasteiger partial charge < -0.3 is 5.32 Å². The second-order valence-electron chi connectivity index (χ2n) is 4.80. The van der Waals surface area contributed by atoms with Gasteiger partial charge in [0.05, 0.1) is 0 Å². The third kappa shape index (κ3) is 2.95. The highest BCUT2D eigenvalue weighted by Gasteiger charge is 2.18. The number of rotatable bonds is 2. The Morgan fingerprint density at radius 2 is 2.27 bits per heavy atom. The summed E-state index contributed by atoms with van der Waals surface area (Å²) in [7, 11) is 0. The van der Waals surface area contributed by atoms with Gasteiger partial charge in [-0.15, -0.1) is 0 Å². The van der Waals surface area contributed by atoms with Gasteiger partial charge in [-0.05, 0) is 37.8 Å². The van der Waals surface area contributed by atoms with Crippen molar-refractivity contribution in [3.63, 3.8) is 0 Å². The zero-order valence-electron chi connectivity index (χ0n) is 9.66. The molecule has 1 heterocycles. The van der Waals surface area contributed by atoms with Gasteiger partial charge in [-0.2, -0.15) is 0 Å². The molecule has 2 nitrogen and oxygen atoms in total. The Hall–Kier alpha value is -1.05. The standard InChI is InChI=1S/C13H20N2/c1-10-4-3-5-12(8-10)15-13-6-7-14-11(2)9-13/h6-7,9-10,12H,3-5,8H2,1-2H3,(H,14,15). The molecule has 1 N–H and O–H groups in total. The molecule has 2 atom stereocenters. The predicted octanol–water partition coefficient (Wildman–Crippen LogP) is 3.38. The Morgan fingerprint density at radius 1 is 1.40 bits per heavy atom. The molecule has 1 aliphatic rings. The van der Waals surface area contributed by atoms with Crippen molar-refractivity contribution in [1.29, 1.82) is 0 Å². The van der Waals surface area contributed by atoms with E-state index in [0.29, 0.717) is 6.04 Å². The molecule has 2 unspecified atom stereocenters. The van der Waals surface area contributed by atoms with E-state index in [1.54, 1.807) is 0 Å². The average molecular weight is 204 g/mol. The molecular formula is C13H20N2. The Bertz CT molecular complexity index is 322. The van der Waals surface area contributed by atoms with Crippen LogP contribution >= 0.6 is 0 Å². The van der Waals surface area contributed by atoms with Gasteiger partial charge in [-0.3, -0.25) is 4.98 Å². The summed E-state index contributed by atoms with van der Waals surface area (Å²) in [6, 6.07) is 4.85. The summed E-state index contributed by atoms with van der Waals surface area (Å²) in [4.78, 5) is 4.21. The molecular weight excluding hydrogens is 184 g/mol. The van der Waals surface area contributed by atoms with Gasteiger partial charge >= 0.3 is 0 Å². The van der Waals surface area contributed by atoms with Crippen LogP contribution in [0.1, 0.15) is 38.3 Å². The summed E-state index contributed by atoms with van der Waals surface area (Å²) in [5.41, 5.74) is 2.31. The SMILES string of the molecule is Cc1cc(NC2CCCC(C)C2)ccn1. The molecule has 0 aromatic carbocycles. The van der Waals surface area contributed by atoms with E-state index in [4.69, 9.17) is 0 Å². The van der Waals surface area contributed by atoms with Crippen LogP contribution in [0.25, 0.3) is 0 Å². The van der Waals surface area contributed by atoms with Gasteiger partial charge in [0.1, 0.15) is 0 Å². The van der Waals surface area contributed by atoms with Crippen molar-refractivity contribution in [1.82, 2.24) is 4.98 Å². The lowest BCUT2D eigenvalue weighted by atomic mass is 9.87. The van der Waals surface area contributed by atoms with E-state index < -0.39 is 0 Å². The Labute approximate surface area is 92.1 Å². The molecule has 2 heteroatoms. The summed E-state index contributed by atoms with van der Waals surface area (Å²) in [6.45, 7) is 4.39. The molecule has 1 aliphatic carbocycles. The van der Waals surface area contributed by atoms with Gasteiger partial charge in [0.2, 0.25) is 0 Å². The molecule has 0 radical (unpaired) electrons. The lowest BCUT2D eigenvalue weighted by Crippen LogP contribution is -2.26. The monoisotopic (exact) mass is 204 g/mol. The third-order valence-electron chi connectivity index (χ3n) is 3.20. The van der Waals surface area contributed by atoms with E-state index in [-0.39, 0.29) is 0 Å². The van der Waals surface area contributed by atoms with Gasteiger partial charge in [-0.25, -0.2) is 0 Å². The van der Waals surface area contributed by atoms with Gasteiger partial charge in [0.25, 0.3) is 0 Å².